The Labute approximate surface area is 143 Å². The van der Waals surface area contributed by atoms with Gasteiger partial charge in [-0.15, -0.1) is 0 Å². The van der Waals surface area contributed by atoms with Crippen molar-refractivity contribution < 1.29 is 27.9 Å². The third-order valence-corrected chi connectivity index (χ3v) is 4.95. The normalized spacial score (nSPS) is 19.8. The molecule has 0 bridgehead atoms. The Balaban J connectivity index is 0.000000277. The number of nitrogens with one attached hydrogen (secondary N) is 1. The number of carboxylic acid groups (broad SMARTS) is 1. The molecular formula is C16H22F3N3O3. The van der Waals surface area contributed by atoms with Crippen LogP contribution in [0.5, 0.6) is 0 Å². The number of likely N-dealkylation sites (tertiary alicyclic amines) is 2. The minimum atomic E-state index is -5.08. The van der Waals surface area contributed by atoms with Crippen molar-refractivity contribution in [3.05, 3.63) is 24.0 Å². The number of rotatable bonds is 2. The first-order chi connectivity index (χ1) is 11.7. The van der Waals surface area contributed by atoms with Crippen LogP contribution in [0.25, 0.3) is 0 Å². The van der Waals surface area contributed by atoms with E-state index in [-0.39, 0.29) is 5.91 Å². The van der Waals surface area contributed by atoms with E-state index in [9.17, 15) is 18.0 Å². The van der Waals surface area contributed by atoms with E-state index in [4.69, 9.17) is 9.90 Å². The molecule has 0 saturated carbocycles. The second-order valence-corrected chi connectivity index (χ2v) is 6.23. The molecule has 6 nitrogen and oxygen atoms in total. The van der Waals surface area contributed by atoms with Gasteiger partial charge < -0.3 is 15.0 Å². The number of piperidine rings is 1. The topological polar surface area (TPSA) is 76.6 Å². The Hall–Kier alpha value is -2.03. The van der Waals surface area contributed by atoms with Crippen molar-refractivity contribution in [2.24, 2.45) is 0 Å². The number of carboxylic acids is 1. The average molecular weight is 361 g/mol. The predicted octanol–water partition coefficient (Wildman–Crippen LogP) is 2.35. The molecule has 0 unspecified atom stereocenters. The summed E-state index contributed by atoms with van der Waals surface area (Å²) in [4.78, 5) is 28.7. The van der Waals surface area contributed by atoms with Gasteiger partial charge in [-0.05, 0) is 37.9 Å². The highest BCUT2D eigenvalue weighted by molar-refractivity contribution is 5.92. The van der Waals surface area contributed by atoms with Crippen LogP contribution in [-0.2, 0) is 4.79 Å². The molecule has 1 amide bonds. The van der Waals surface area contributed by atoms with Gasteiger partial charge in [0.25, 0.3) is 5.91 Å². The molecule has 2 fully saturated rings. The second kappa shape index (κ2) is 7.47. The van der Waals surface area contributed by atoms with Crippen molar-refractivity contribution in [3.8, 4) is 0 Å². The largest absolute Gasteiger partial charge is 0.490 e. The summed E-state index contributed by atoms with van der Waals surface area (Å²) in [5.74, 6) is -2.61. The number of H-pyrrole nitrogens is 1. The molecule has 140 valence electrons. The van der Waals surface area contributed by atoms with Gasteiger partial charge in [-0.25, -0.2) is 4.79 Å². The molecule has 0 aliphatic carbocycles. The average Bonchev–Trinajstić information content (AvgIpc) is 3.08. The molecule has 1 aromatic rings. The van der Waals surface area contributed by atoms with E-state index in [1.165, 1.54) is 13.0 Å². The zero-order chi connectivity index (χ0) is 18.7. The van der Waals surface area contributed by atoms with E-state index < -0.39 is 12.1 Å². The highest BCUT2D eigenvalue weighted by Crippen LogP contribution is 2.39. The van der Waals surface area contributed by atoms with Crippen LogP contribution in [0.3, 0.4) is 0 Å². The number of aromatic amines is 1. The van der Waals surface area contributed by atoms with Crippen molar-refractivity contribution >= 4 is 11.9 Å². The molecule has 0 atom stereocenters. The van der Waals surface area contributed by atoms with Gasteiger partial charge >= 0.3 is 12.1 Å². The fraction of sp³-hybridized carbons (Fsp3) is 0.625. The molecule has 2 aliphatic rings. The summed E-state index contributed by atoms with van der Waals surface area (Å²) in [6.07, 6.45) is 0.301. The Morgan fingerprint density at radius 2 is 1.80 bits per heavy atom. The maximum absolute atomic E-state index is 12.2. The van der Waals surface area contributed by atoms with Crippen LogP contribution in [0.15, 0.2) is 18.3 Å². The fourth-order valence-electron chi connectivity index (χ4n) is 3.41. The number of amides is 1. The van der Waals surface area contributed by atoms with E-state index in [0.717, 1.165) is 32.5 Å². The zero-order valence-corrected chi connectivity index (χ0v) is 14.0. The lowest BCUT2D eigenvalue weighted by Gasteiger charge is -2.56. The third kappa shape index (κ3) is 4.33. The number of halogens is 3. The van der Waals surface area contributed by atoms with Gasteiger partial charge in [0.15, 0.2) is 0 Å². The maximum Gasteiger partial charge on any atom is 0.490 e. The summed E-state index contributed by atoms with van der Waals surface area (Å²) in [6, 6.07) is 3.73. The number of aromatic nitrogens is 1. The highest BCUT2D eigenvalue weighted by Gasteiger charge is 2.46. The Bertz CT molecular complexity index is 592. The van der Waals surface area contributed by atoms with Gasteiger partial charge in [-0.1, -0.05) is 6.92 Å². The SMILES string of the molecule is CCN1CCC12CCN(C(=O)c1ccc[nH]1)CC2.O=C(O)C(F)(F)F. The van der Waals surface area contributed by atoms with Crippen molar-refractivity contribution in [3.63, 3.8) is 0 Å². The first-order valence-electron chi connectivity index (χ1n) is 8.17. The molecule has 9 heteroatoms. The maximum atomic E-state index is 12.2. The van der Waals surface area contributed by atoms with Crippen molar-refractivity contribution in [1.29, 1.82) is 0 Å². The number of alkyl halides is 3. The van der Waals surface area contributed by atoms with Crippen LogP contribution in [0.1, 0.15) is 36.7 Å². The van der Waals surface area contributed by atoms with Crippen LogP contribution >= 0.6 is 0 Å². The van der Waals surface area contributed by atoms with Crippen LogP contribution < -0.4 is 0 Å². The van der Waals surface area contributed by atoms with Crippen molar-refractivity contribution in [2.45, 2.75) is 37.9 Å². The zero-order valence-electron chi connectivity index (χ0n) is 14.0. The smallest absolute Gasteiger partial charge is 0.475 e. The van der Waals surface area contributed by atoms with Crippen LogP contribution in [-0.4, -0.2) is 69.7 Å². The number of hydrogen-bond acceptors (Lipinski definition) is 3. The standard InChI is InChI=1S/C14H21N3O.C2HF3O2/c1-2-17-11-7-14(17)5-9-16(10-6-14)13(18)12-4-3-8-15-12;3-2(4,5)1(6)7/h3-4,8,15H,2,5-7,9-11H2,1H3;(H,6,7). The Kier molecular flexibility index (Phi) is 5.76. The molecule has 2 saturated heterocycles. The summed E-state index contributed by atoms with van der Waals surface area (Å²) < 4.78 is 31.7. The lowest BCUT2D eigenvalue weighted by atomic mass is 9.76. The lowest BCUT2D eigenvalue weighted by molar-refractivity contribution is -0.192. The third-order valence-electron chi connectivity index (χ3n) is 4.95. The first kappa shape index (κ1) is 19.3. The molecule has 2 N–H and O–H groups in total. The van der Waals surface area contributed by atoms with E-state index in [1.807, 2.05) is 23.2 Å². The molecule has 25 heavy (non-hydrogen) atoms. The molecule has 0 aromatic carbocycles. The van der Waals surface area contributed by atoms with Crippen molar-refractivity contribution in [1.82, 2.24) is 14.8 Å². The number of carbonyl (C=O) groups excluding carboxylic acids is 1. The summed E-state index contributed by atoms with van der Waals surface area (Å²) in [5, 5.41) is 7.12. The van der Waals surface area contributed by atoms with E-state index in [1.54, 1.807) is 0 Å². The van der Waals surface area contributed by atoms with Crippen molar-refractivity contribution in [2.75, 3.05) is 26.2 Å². The molecular weight excluding hydrogens is 339 g/mol. The van der Waals surface area contributed by atoms with E-state index in [0.29, 0.717) is 11.2 Å². The second-order valence-electron chi connectivity index (χ2n) is 6.23. The Morgan fingerprint density at radius 1 is 1.24 bits per heavy atom. The van der Waals surface area contributed by atoms with E-state index in [2.05, 4.69) is 16.8 Å². The first-order valence-corrected chi connectivity index (χ1v) is 8.17. The van der Waals surface area contributed by atoms with E-state index >= 15 is 0 Å². The van der Waals surface area contributed by atoms with Crippen LogP contribution in [0.4, 0.5) is 13.2 Å². The number of aliphatic carboxylic acids is 1. The molecule has 3 heterocycles. The minimum Gasteiger partial charge on any atom is -0.475 e. The quantitative estimate of drug-likeness (QED) is 0.848. The molecule has 1 aromatic heterocycles. The van der Waals surface area contributed by atoms with Crippen LogP contribution in [0, 0.1) is 0 Å². The summed E-state index contributed by atoms with van der Waals surface area (Å²) in [7, 11) is 0. The number of carbonyl (C=O) groups is 2. The van der Waals surface area contributed by atoms with Gasteiger partial charge in [0, 0.05) is 31.4 Å². The van der Waals surface area contributed by atoms with Gasteiger partial charge in [0.05, 0.1) is 0 Å². The van der Waals surface area contributed by atoms with Gasteiger partial charge in [0.2, 0.25) is 0 Å². The Morgan fingerprint density at radius 3 is 2.16 bits per heavy atom. The number of hydrogen-bond donors (Lipinski definition) is 2. The molecule has 2 aliphatic heterocycles. The molecule has 1 spiro atoms. The summed E-state index contributed by atoms with van der Waals surface area (Å²) >= 11 is 0. The monoisotopic (exact) mass is 361 g/mol. The van der Waals surface area contributed by atoms with Gasteiger partial charge in [-0.3, -0.25) is 9.69 Å². The number of nitrogens with zero attached hydrogens (tertiary/aromatic N) is 2. The minimum absolute atomic E-state index is 0.150. The van der Waals surface area contributed by atoms with Gasteiger partial charge in [-0.2, -0.15) is 13.2 Å². The van der Waals surface area contributed by atoms with Gasteiger partial charge in [0.1, 0.15) is 5.69 Å². The predicted molar refractivity (Wildman–Crippen MR) is 84.2 cm³/mol. The molecule has 0 radical (unpaired) electrons. The highest BCUT2D eigenvalue weighted by atomic mass is 19.4. The lowest BCUT2D eigenvalue weighted by Crippen LogP contribution is -2.64. The fourth-order valence-corrected chi connectivity index (χ4v) is 3.41. The van der Waals surface area contributed by atoms with Crippen LogP contribution in [0.2, 0.25) is 0 Å². The summed E-state index contributed by atoms with van der Waals surface area (Å²) in [6.45, 7) is 6.41. The molecule has 3 rings (SSSR count). The summed E-state index contributed by atoms with van der Waals surface area (Å²) in [5.41, 5.74) is 1.13.